The van der Waals surface area contributed by atoms with E-state index in [-0.39, 0.29) is 11.9 Å². The number of amides is 1. The lowest BCUT2D eigenvalue weighted by Gasteiger charge is -2.44. The number of carbonyl (C=O) groups is 1. The van der Waals surface area contributed by atoms with Crippen LogP contribution >= 0.6 is 0 Å². The molecule has 0 aromatic heterocycles. The number of piperidine rings is 1. The van der Waals surface area contributed by atoms with Crippen molar-refractivity contribution in [2.45, 2.75) is 64.0 Å². The summed E-state index contributed by atoms with van der Waals surface area (Å²) in [6, 6.07) is 0.617. The maximum atomic E-state index is 11.4. The molecule has 1 aliphatic heterocycles. The fourth-order valence-corrected chi connectivity index (χ4v) is 3.89. The van der Waals surface area contributed by atoms with Crippen LogP contribution in [0.4, 0.5) is 0 Å². The Labute approximate surface area is 117 Å². The van der Waals surface area contributed by atoms with Crippen molar-refractivity contribution in [1.29, 1.82) is 0 Å². The predicted octanol–water partition coefficient (Wildman–Crippen LogP) is 1.49. The number of hydrogen-bond donors (Lipinski definition) is 2. The Balaban J connectivity index is 1.84. The van der Waals surface area contributed by atoms with Gasteiger partial charge in [0.05, 0.1) is 6.04 Å². The largest absolute Gasteiger partial charge is 0.368 e. The molecule has 3 N–H and O–H groups in total. The molecule has 0 aromatic rings. The van der Waals surface area contributed by atoms with E-state index in [1.807, 2.05) is 6.92 Å². The Hall–Kier alpha value is -0.610. The van der Waals surface area contributed by atoms with Crippen LogP contribution < -0.4 is 11.1 Å². The first kappa shape index (κ1) is 14.8. The van der Waals surface area contributed by atoms with Gasteiger partial charge < -0.3 is 16.0 Å². The first-order chi connectivity index (χ1) is 9.22. The standard InChI is InChI=1S/C15H29N3O/c1-2-17-13(15(16)19)9-11-18-10-5-7-12-6-3-4-8-14(12)18/h12-14,17H,2-11H2,1H3,(H2,16,19). The van der Waals surface area contributed by atoms with Crippen LogP contribution in [0.15, 0.2) is 0 Å². The van der Waals surface area contributed by atoms with Gasteiger partial charge in [-0.1, -0.05) is 19.8 Å². The van der Waals surface area contributed by atoms with Gasteiger partial charge in [-0.05, 0) is 51.1 Å². The Morgan fingerprint density at radius 2 is 2.05 bits per heavy atom. The molecule has 1 heterocycles. The second kappa shape index (κ2) is 7.25. The average Bonchev–Trinajstić information content (AvgIpc) is 2.43. The summed E-state index contributed by atoms with van der Waals surface area (Å²) >= 11 is 0. The van der Waals surface area contributed by atoms with Crippen molar-refractivity contribution in [2.24, 2.45) is 11.7 Å². The molecule has 19 heavy (non-hydrogen) atoms. The molecule has 2 aliphatic rings. The molecule has 0 bridgehead atoms. The molecule has 3 unspecified atom stereocenters. The molecule has 2 rings (SSSR count). The van der Waals surface area contributed by atoms with Crippen molar-refractivity contribution in [3.8, 4) is 0 Å². The summed E-state index contributed by atoms with van der Waals surface area (Å²) in [6.45, 7) is 5.05. The van der Waals surface area contributed by atoms with Crippen LogP contribution in [0, 0.1) is 5.92 Å². The number of carbonyl (C=O) groups excluding carboxylic acids is 1. The minimum atomic E-state index is -0.209. The van der Waals surface area contributed by atoms with Gasteiger partial charge in [0.1, 0.15) is 0 Å². The SMILES string of the molecule is CCNC(CCN1CCCC2CCCCC21)C(N)=O. The fraction of sp³-hybridized carbons (Fsp3) is 0.933. The molecule has 2 fully saturated rings. The van der Waals surface area contributed by atoms with Crippen LogP contribution in [0.2, 0.25) is 0 Å². The lowest BCUT2D eigenvalue weighted by molar-refractivity contribution is -0.120. The third-order valence-electron chi connectivity index (χ3n) is 4.86. The number of likely N-dealkylation sites (N-methyl/N-ethyl adjacent to an activating group) is 1. The molecule has 1 saturated carbocycles. The molecule has 0 spiro atoms. The topological polar surface area (TPSA) is 58.4 Å². The summed E-state index contributed by atoms with van der Waals surface area (Å²) in [4.78, 5) is 14.0. The summed E-state index contributed by atoms with van der Waals surface area (Å²) in [5.41, 5.74) is 5.45. The van der Waals surface area contributed by atoms with E-state index in [1.54, 1.807) is 0 Å². The van der Waals surface area contributed by atoms with Crippen LogP contribution in [0.3, 0.4) is 0 Å². The van der Waals surface area contributed by atoms with Gasteiger partial charge in [0.2, 0.25) is 5.91 Å². The van der Waals surface area contributed by atoms with E-state index in [0.29, 0.717) is 0 Å². The van der Waals surface area contributed by atoms with E-state index in [2.05, 4.69) is 10.2 Å². The van der Waals surface area contributed by atoms with E-state index >= 15 is 0 Å². The molecule has 3 atom stereocenters. The van der Waals surface area contributed by atoms with Crippen LogP contribution in [-0.2, 0) is 4.79 Å². The lowest BCUT2D eigenvalue weighted by atomic mass is 9.78. The highest BCUT2D eigenvalue weighted by atomic mass is 16.1. The second-order valence-electron chi connectivity index (χ2n) is 6.09. The van der Waals surface area contributed by atoms with Crippen molar-refractivity contribution in [2.75, 3.05) is 19.6 Å². The first-order valence-corrected chi connectivity index (χ1v) is 7.99. The molecule has 1 amide bonds. The summed E-state index contributed by atoms with van der Waals surface area (Å²) < 4.78 is 0. The number of nitrogens with one attached hydrogen (secondary N) is 1. The zero-order valence-corrected chi connectivity index (χ0v) is 12.2. The van der Waals surface area contributed by atoms with E-state index in [9.17, 15) is 4.79 Å². The van der Waals surface area contributed by atoms with E-state index in [4.69, 9.17) is 5.73 Å². The van der Waals surface area contributed by atoms with Crippen molar-refractivity contribution < 1.29 is 4.79 Å². The highest BCUT2D eigenvalue weighted by molar-refractivity contribution is 5.79. The number of primary amides is 1. The maximum absolute atomic E-state index is 11.4. The Bertz CT molecular complexity index is 293. The van der Waals surface area contributed by atoms with Crippen LogP contribution in [-0.4, -0.2) is 42.5 Å². The maximum Gasteiger partial charge on any atom is 0.234 e. The number of fused-ring (bicyclic) bond motifs is 1. The molecule has 4 nitrogen and oxygen atoms in total. The molecular weight excluding hydrogens is 238 g/mol. The van der Waals surface area contributed by atoms with E-state index in [0.717, 1.165) is 31.5 Å². The van der Waals surface area contributed by atoms with Crippen molar-refractivity contribution in [3.05, 3.63) is 0 Å². The van der Waals surface area contributed by atoms with Crippen LogP contribution in [0.1, 0.15) is 51.9 Å². The van der Waals surface area contributed by atoms with Crippen LogP contribution in [0.25, 0.3) is 0 Å². The van der Waals surface area contributed by atoms with Crippen molar-refractivity contribution in [3.63, 3.8) is 0 Å². The van der Waals surface area contributed by atoms with Gasteiger partial charge >= 0.3 is 0 Å². The quantitative estimate of drug-likeness (QED) is 0.766. The highest BCUT2D eigenvalue weighted by Gasteiger charge is 2.33. The van der Waals surface area contributed by atoms with Gasteiger partial charge in [0.25, 0.3) is 0 Å². The molecule has 110 valence electrons. The van der Waals surface area contributed by atoms with Gasteiger partial charge in [0.15, 0.2) is 0 Å². The minimum absolute atomic E-state index is 0.158. The van der Waals surface area contributed by atoms with Gasteiger partial charge in [-0.25, -0.2) is 0 Å². The van der Waals surface area contributed by atoms with Gasteiger partial charge in [-0.2, -0.15) is 0 Å². The van der Waals surface area contributed by atoms with Crippen molar-refractivity contribution >= 4 is 5.91 Å². The Morgan fingerprint density at radius 3 is 2.79 bits per heavy atom. The summed E-state index contributed by atoms with van der Waals surface area (Å²) in [6.07, 6.45) is 9.14. The third kappa shape index (κ3) is 3.93. The average molecular weight is 267 g/mol. The monoisotopic (exact) mass is 267 g/mol. The smallest absolute Gasteiger partial charge is 0.234 e. The number of hydrogen-bond acceptors (Lipinski definition) is 3. The third-order valence-corrected chi connectivity index (χ3v) is 4.86. The highest BCUT2D eigenvalue weighted by Crippen LogP contribution is 2.35. The fourth-order valence-electron chi connectivity index (χ4n) is 3.89. The van der Waals surface area contributed by atoms with E-state index in [1.165, 1.54) is 45.1 Å². The second-order valence-corrected chi connectivity index (χ2v) is 6.09. The Morgan fingerprint density at radius 1 is 1.32 bits per heavy atom. The molecular formula is C15H29N3O. The first-order valence-electron chi connectivity index (χ1n) is 7.99. The molecule has 0 aromatic carbocycles. The van der Waals surface area contributed by atoms with Gasteiger partial charge in [-0.3, -0.25) is 4.79 Å². The molecule has 4 heteroatoms. The zero-order chi connectivity index (χ0) is 13.7. The molecule has 0 radical (unpaired) electrons. The normalized spacial score (nSPS) is 29.7. The summed E-state index contributed by atoms with van der Waals surface area (Å²) in [5, 5.41) is 3.19. The number of likely N-dealkylation sites (tertiary alicyclic amines) is 1. The van der Waals surface area contributed by atoms with Gasteiger partial charge in [0, 0.05) is 12.6 Å². The van der Waals surface area contributed by atoms with Crippen molar-refractivity contribution in [1.82, 2.24) is 10.2 Å². The Kier molecular flexibility index (Phi) is 5.64. The zero-order valence-electron chi connectivity index (χ0n) is 12.2. The van der Waals surface area contributed by atoms with Crippen LogP contribution in [0.5, 0.6) is 0 Å². The minimum Gasteiger partial charge on any atom is -0.368 e. The van der Waals surface area contributed by atoms with E-state index < -0.39 is 0 Å². The lowest BCUT2D eigenvalue weighted by Crippen LogP contribution is -2.49. The number of nitrogens with two attached hydrogens (primary N) is 1. The molecule has 1 aliphatic carbocycles. The molecule has 1 saturated heterocycles. The summed E-state index contributed by atoms with van der Waals surface area (Å²) in [5.74, 6) is 0.702. The summed E-state index contributed by atoms with van der Waals surface area (Å²) in [7, 11) is 0. The number of rotatable bonds is 6. The predicted molar refractivity (Wildman–Crippen MR) is 77.8 cm³/mol. The number of nitrogens with zero attached hydrogens (tertiary/aromatic N) is 1. The van der Waals surface area contributed by atoms with Gasteiger partial charge in [-0.15, -0.1) is 0 Å².